The number of aromatic nitrogens is 1. The molecule has 0 aliphatic heterocycles. The maximum atomic E-state index is 10.3. The van der Waals surface area contributed by atoms with Crippen LogP contribution in [-0.2, 0) is 0 Å². The second-order valence-electron chi connectivity index (χ2n) is 1.37. The summed E-state index contributed by atoms with van der Waals surface area (Å²) in [5.74, 6) is 0. The van der Waals surface area contributed by atoms with Crippen molar-refractivity contribution in [2.45, 2.75) is 0 Å². The molecule has 0 fully saturated rings. The summed E-state index contributed by atoms with van der Waals surface area (Å²) in [6.45, 7) is 0. The number of hydrogen-bond acceptors (Lipinski definition) is 2. The average Bonchev–Trinajstić information content (AvgIpc) is 2.12. The van der Waals surface area contributed by atoms with Gasteiger partial charge in [-0.1, -0.05) is 12.2 Å². The van der Waals surface area contributed by atoms with E-state index in [2.05, 4.69) is 17.2 Å². The van der Waals surface area contributed by atoms with E-state index in [1.165, 1.54) is 0 Å². The van der Waals surface area contributed by atoms with Crippen LogP contribution in [0.3, 0.4) is 0 Å². The predicted octanol–water partition coefficient (Wildman–Crippen LogP) is -2.95. The Kier molecular flexibility index (Phi) is 4.14. The maximum Gasteiger partial charge on any atom is 1.00 e. The third-order valence-electron chi connectivity index (χ3n) is 0.818. The maximum absolute atomic E-state index is 10.3. The number of nitrogens with one attached hydrogen (secondary N) is 1. The Labute approximate surface area is 80.6 Å². The fourth-order valence-electron chi connectivity index (χ4n) is 0.457. The Morgan fingerprint density at radius 2 is 2.33 bits per heavy atom. The van der Waals surface area contributed by atoms with Crippen LogP contribution in [-0.4, -0.2) is 10.0 Å². The van der Waals surface area contributed by atoms with E-state index in [4.69, 9.17) is 0 Å². The van der Waals surface area contributed by atoms with Crippen molar-refractivity contribution in [1.29, 1.82) is 0 Å². The van der Waals surface area contributed by atoms with Crippen molar-refractivity contribution in [3.63, 3.8) is 0 Å². The number of rotatable bonds is 1. The summed E-state index contributed by atoms with van der Waals surface area (Å²) in [6.07, 6.45) is 1.67. The van der Waals surface area contributed by atoms with Crippen LogP contribution in [0.15, 0.2) is 18.3 Å². The first-order valence-electron chi connectivity index (χ1n) is 2.15. The van der Waals surface area contributed by atoms with Gasteiger partial charge in [-0.2, -0.15) is 0 Å². The Balaban J connectivity index is 0.000000640. The Morgan fingerprint density at radius 1 is 1.67 bits per heavy atom. The predicted molar refractivity (Wildman–Crippen MR) is 32.5 cm³/mol. The third-order valence-corrected chi connectivity index (χ3v) is 1.04. The molecule has 0 unspecified atom stereocenters. The van der Waals surface area contributed by atoms with Crippen LogP contribution in [0.4, 0.5) is 0 Å². The van der Waals surface area contributed by atoms with Gasteiger partial charge >= 0.3 is 29.6 Å². The fourth-order valence-corrected chi connectivity index (χ4v) is 0.584. The second-order valence-corrected chi connectivity index (χ2v) is 1.74. The zero-order valence-electron chi connectivity index (χ0n) is 5.05. The fraction of sp³-hybridized carbons (Fsp3) is 0. The van der Waals surface area contributed by atoms with E-state index in [9.17, 15) is 5.11 Å². The van der Waals surface area contributed by atoms with Crippen molar-refractivity contribution in [1.82, 2.24) is 4.98 Å². The van der Waals surface area contributed by atoms with Gasteiger partial charge in [-0.25, -0.2) is 0 Å². The largest absolute Gasteiger partial charge is 1.00 e. The molecule has 2 nitrogen and oxygen atoms in total. The Bertz CT molecular complexity index is 185. The van der Waals surface area contributed by atoms with Crippen molar-refractivity contribution in [3.05, 3.63) is 24.0 Å². The molecular formula is C5H4NNaOS. The summed E-state index contributed by atoms with van der Waals surface area (Å²) in [7, 11) is 0. The molecule has 0 aromatic carbocycles. The van der Waals surface area contributed by atoms with Crippen LogP contribution in [0.2, 0.25) is 0 Å². The summed E-state index contributed by atoms with van der Waals surface area (Å²) < 4.78 is 0. The van der Waals surface area contributed by atoms with Gasteiger partial charge in [0.05, 0.1) is 0 Å². The van der Waals surface area contributed by atoms with Gasteiger partial charge in [0.15, 0.2) is 0 Å². The zero-order valence-corrected chi connectivity index (χ0v) is 7.87. The topological polar surface area (TPSA) is 38.8 Å². The normalized spacial score (nSPS) is 8.00. The molecule has 0 saturated carbocycles. The minimum absolute atomic E-state index is 0. The van der Waals surface area contributed by atoms with E-state index in [0.717, 1.165) is 0 Å². The molecular weight excluding hydrogens is 145 g/mol. The number of hydrogen-bond donors (Lipinski definition) is 1. The van der Waals surface area contributed by atoms with Gasteiger partial charge in [-0.05, 0) is 17.2 Å². The number of thiocarbonyl (C=S) groups is 1. The van der Waals surface area contributed by atoms with Gasteiger partial charge < -0.3 is 10.1 Å². The van der Waals surface area contributed by atoms with E-state index in [1.807, 2.05) is 0 Å². The summed E-state index contributed by atoms with van der Waals surface area (Å²) in [6, 6.07) is 3.38. The molecule has 42 valence electrons. The van der Waals surface area contributed by atoms with E-state index >= 15 is 0 Å². The SMILES string of the molecule is [Na+].[O-]C(=S)c1ccc[nH]1. The van der Waals surface area contributed by atoms with Crippen molar-refractivity contribution < 1.29 is 34.7 Å². The summed E-state index contributed by atoms with van der Waals surface area (Å²) in [5.41, 5.74) is 0.486. The first kappa shape index (κ1) is 9.17. The van der Waals surface area contributed by atoms with Crippen LogP contribution in [0.1, 0.15) is 5.69 Å². The van der Waals surface area contributed by atoms with E-state index < -0.39 is 0 Å². The summed E-state index contributed by atoms with van der Waals surface area (Å²) in [4.78, 5) is 2.68. The van der Waals surface area contributed by atoms with Gasteiger partial charge in [0, 0.05) is 11.9 Å². The average molecular weight is 149 g/mol. The van der Waals surface area contributed by atoms with Gasteiger partial charge in [-0.3, -0.25) is 0 Å². The van der Waals surface area contributed by atoms with Crippen LogP contribution in [0, 0.1) is 0 Å². The minimum Gasteiger partial charge on any atom is -0.863 e. The van der Waals surface area contributed by atoms with Crippen molar-refractivity contribution in [3.8, 4) is 0 Å². The van der Waals surface area contributed by atoms with Crippen molar-refractivity contribution in [2.75, 3.05) is 0 Å². The molecule has 0 atom stereocenters. The standard InChI is InChI=1S/C5H5NOS.Na/c7-5(8)4-2-1-3-6-4;/h1-3,6H,(H,7,8);/q;+1/p-1. The van der Waals surface area contributed by atoms with Gasteiger partial charge in [-0.15, -0.1) is 0 Å². The molecule has 9 heavy (non-hydrogen) atoms. The monoisotopic (exact) mass is 149 g/mol. The second kappa shape index (κ2) is 4.06. The van der Waals surface area contributed by atoms with E-state index in [1.54, 1.807) is 18.3 Å². The van der Waals surface area contributed by atoms with Crippen LogP contribution < -0.4 is 34.7 Å². The van der Waals surface area contributed by atoms with Crippen LogP contribution in [0.5, 0.6) is 0 Å². The molecule has 1 aromatic rings. The molecule has 4 heteroatoms. The number of aromatic amines is 1. The van der Waals surface area contributed by atoms with Gasteiger partial charge in [0.1, 0.15) is 0 Å². The third kappa shape index (κ3) is 2.49. The van der Waals surface area contributed by atoms with Crippen molar-refractivity contribution >= 4 is 17.3 Å². The first-order valence-corrected chi connectivity index (χ1v) is 2.56. The quantitative estimate of drug-likeness (QED) is 0.342. The van der Waals surface area contributed by atoms with Crippen LogP contribution in [0.25, 0.3) is 0 Å². The molecule has 0 bridgehead atoms. The van der Waals surface area contributed by atoms with Gasteiger partial charge in [0.2, 0.25) is 0 Å². The minimum atomic E-state index is -0.338. The molecule has 0 saturated heterocycles. The molecule has 0 aliphatic rings. The molecule has 0 radical (unpaired) electrons. The van der Waals surface area contributed by atoms with Crippen LogP contribution >= 0.6 is 12.2 Å². The molecule has 0 aliphatic carbocycles. The summed E-state index contributed by atoms with van der Waals surface area (Å²) in [5, 5.41) is 9.95. The molecule has 1 rings (SSSR count). The first-order chi connectivity index (χ1) is 3.80. The summed E-state index contributed by atoms with van der Waals surface area (Å²) >= 11 is 4.33. The Hall–Kier alpha value is 0.170. The van der Waals surface area contributed by atoms with Gasteiger partial charge in [0.25, 0.3) is 0 Å². The molecule has 0 amide bonds. The number of H-pyrrole nitrogens is 1. The Morgan fingerprint density at radius 3 is 2.56 bits per heavy atom. The molecule has 1 N–H and O–H groups in total. The molecule has 1 aromatic heterocycles. The zero-order chi connectivity index (χ0) is 5.98. The van der Waals surface area contributed by atoms with E-state index in [0.29, 0.717) is 5.69 Å². The van der Waals surface area contributed by atoms with E-state index in [-0.39, 0.29) is 34.6 Å². The smallest absolute Gasteiger partial charge is 0.863 e. The molecule has 1 heterocycles. The molecule has 0 spiro atoms. The van der Waals surface area contributed by atoms with Crippen molar-refractivity contribution in [2.24, 2.45) is 0 Å².